The van der Waals surface area contributed by atoms with Crippen molar-refractivity contribution in [2.45, 2.75) is 381 Å². The number of esters is 4. The van der Waals surface area contributed by atoms with Gasteiger partial charge >= 0.3 is 39.5 Å². The Morgan fingerprint density at radius 3 is 0.835 bits per heavy atom. The fourth-order valence-corrected chi connectivity index (χ4v) is 12.4. The first kappa shape index (κ1) is 89.1. The van der Waals surface area contributed by atoms with E-state index < -0.39 is 97.5 Å². The average Bonchev–Trinajstić information content (AvgIpc) is 3.73. The molecule has 0 saturated carbocycles. The molecule has 0 fully saturated rings. The molecule has 17 nitrogen and oxygen atoms in total. The maximum absolute atomic E-state index is 13.0. The summed E-state index contributed by atoms with van der Waals surface area (Å²) in [5.41, 5.74) is 0. The van der Waals surface area contributed by atoms with Crippen molar-refractivity contribution in [1.82, 2.24) is 0 Å². The zero-order valence-corrected chi connectivity index (χ0v) is 61.1. The molecule has 0 aromatic rings. The summed E-state index contributed by atoms with van der Waals surface area (Å²) in [5.74, 6) is 0.0247. The maximum Gasteiger partial charge on any atom is 0.472 e. The van der Waals surface area contributed by atoms with Crippen LogP contribution in [-0.4, -0.2) is 96.7 Å². The van der Waals surface area contributed by atoms with Crippen LogP contribution in [0, 0.1) is 17.8 Å². The van der Waals surface area contributed by atoms with Crippen molar-refractivity contribution in [2.75, 3.05) is 39.6 Å². The topological polar surface area (TPSA) is 237 Å². The molecule has 4 unspecified atom stereocenters. The summed E-state index contributed by atoms with van der Waals surface area (Å²) >= 11 is 0. The van der Waals surface area contributed by atoms with Gasteiger partial charge in [-0.1, -0.05) is 312 Å². The minimum absolute atomic E-state index is 0.102. The zero-order valence-electron chi connectivity index (χ0n) is 59.3. The van der Waals surface area contributed by atoms with Gasteiger partial charge in [0.2, 0.25) is 0 Å². The lowest BCUT2D eigenvalue weighted by atomic mass is 10.00. The largest absolute Gasteiger partial charge is 0.472 e. The molecule has 0 bridgehead atoms. The van der Waals surface area contributed by atoms with Crippen molar-refractivity contribution in [3.8, 4) is 0 Å². The molecule has 0 amide bonds. The van der Waals surface area contributed by atoms with Gasteiger partial charge in [-0.3, -0.25) is 37.3 Å². The summed E-state index contributed by atoms with van der Waals surface area (Å²) in [5, 5.41) is 10.6. The van der Waals surface area contributed by atoms with E-state index in [2.05, 4.69) is 48.5 Å². The monoisotopic (exact) mass is 1340 g/mol. The number of aliphatic hydroxyl groups excluding tert-OH is 1. The molecule has 0 aromatic carbocycles. The SMILES string of the molecule is CCCCCCCCCCCCCCCCCCCCCCCC(=O)O[C@H](COC(=O)CCCCCCCCCC(C)C)COP(=O)(O)OC[C@@H](O)COP(=O)(O)OC[C@@H](COC(=O)CCCCCCCCC(C)CC)OC(=O)CCCCCCCCC(C)CC. The van der Waals surface area contributed by atoms with Gasteiger partial charge in [0, 0.05) is 25.7 Å². The molecular formula is C72H140O17P2. The van der Waals surface area contributed by atoms with Gasteiger partial charge in [-0.2, -0.15) is 0 Å². The van der Waals surface area contributed by atoms with Gasteiger partial charge in [-0.15, -0.1) is 0 Å². The summed E-state index contributed by atoms with van der Waals surface area (Å²) in [7, 11) is -9.90. The van der Waals surface area contributed by atoms with Crippen LogP contribution < -0.4 is 0 Å². The second-order valence-electron chi connectivity index (χ2n) is 26.9. The Labute approximate surface area is 556 Å². The molecule has 0 spiro atoms. The number of unbranched alkanes of at least 4 members (excludes halogenated alkanes) is 36. The van der Waals surface area contributed by atoms with E-state index in [-0.39, 0.29) is 25.7 Å². The van der Waals surface area contributed by atoms with E-state index in [0.29, 0.717) is 31.6 Å². The molecule has 0 aliphatic rings. The Hall–Kier alpha value is -1.94. The van der Waals surface area contributed by atoms with Gasteiger partial charge in [-0.25, -0.2) is 9.13 Å². The fraction of sp³-hybridized carbons (Fsp3) is 0.944. The van der Waals surface area contributed by atoms with Crippen molar-refractivity contribution in [2.24, 2.45) is 17.8 Å². The molecule has 0 rings (SSSR count). The first-order valence-electron chi connectivity index (χ1n) is 37.4. The number of phosphoric acid groups is 2. The van der Waals surface area contributed by atoms with Crippen LogP contribution in [0.4, 0.5) is 0 Å². The molecule has 540 valence electrons. The standard InChI is InChI=1S/C72H140O17P2/c1-8-11-12-13-14-15-16-17-18-19-20-21-22-23-24-25-26-27-30-41-48-55-71(76)88-67(59-82-69(74)53-46-39-31-28-29-36-43-50-63(4)5)61-86-90(78,79)84-57-66(73)58-85-91(80,81)87-62-68(89-72(77)56-49-42-35-33-38-45-52-65(7)10-3)60-83-70(75)54-47-40-34-32-37-44-51-64(6)9-2/h63-68,73H,8-62H2,1-7H3,(H,78,79)(H,80,81)/t64?,65?,66-,67-,68-/m1/s1. The number of aliphatic hydroxyl groups is 1. The second kappa shape index (κ2) is 62.8. The molecule has 91 heavy (non-hydrogen) atoms. The second-order valence-corrected chi connectivity index (χ2v) is 29.8. The lowest BCUT2D eigenvalue weighted by molar-refractivity contribution is -0.161. The highest BCUT2D eigenvalue weighted by molar-refractivity contribution is 7.47. The lowest BCUT2D eigenvalue weighted by Crippen LogP contribution is -2.30. The predicted octanol–water partition coefficient (Wildman–Crippen LogP) is 20.6. The van der Waals surface area contributed by atoms with Crippen LogP contribution in [0.3, 0.4) is 0 Å². The Bertz CT molecular complexity index is 1790. The summed E-state index contributed by atoms with van der Waals surface area (Å²) < 4.78 is 68.3. The van der Waals surface area contributed by atoms with E-state index in [9.17, 15) is 43.2 Å². The molecule has 0 heterocycles. The number of ether oxygens (including phenoxy) is 4. The normalized spacial score (nSPS) is 14.8. The number of phosphoric ester groups is 2. The van der Waals surface area contributed by atoms with Crippen molar-refractivity contribution >= 4 is 39.5 Å². The molecule has 0 aliphatic carbocycles. The van der Waals surface area contributed by atoms with E-state index in [1.54, 1.807) is 0 Å². The highest BCUT2D eigenvalue weighted by atomic mass is 31.2. The number of hydrogen-bond donors (Lipinski definition) is 3. The van der Waals surface area contributed by atoms with Crippen LogP contribution in [0.2, 0.25) is 0 Å². The van der Waals surface area contributed by atoms with E-state index in [0.717, 1.165) is 115 Å². The molecule has 3 N–H and O–H groups in total. The van der Waals surface area contributed by atoms with Gasteiger partial charge in [0.25, 0.3) is 0 Å². The number of carbonyl (C=O) groups excluding carboxylic acids is 4. The van der Waals surface area contributed by atoms with Crippen molar-refractivity contribution in [1.29, 1.82) is 0 Å². The summed E-state index contributed by atoms with van der Waals surface area (Å²) in [6, 6.07) is 0. The third kappa shape index (κ3) is 63.9. The molecule has 0 radical (unpaired) electrons. The van der Waals surface area contributed by atoms with Crippen molar-refractivity contribution < 1.29 is 80.2 Å². The number of rotatable bonds is 70. The first-order valence-corrected chi connectivity index (χ1v) is 40.4. The summed E-state index contributed by atoms with van der Waals surface area (Å²) in [4.78, 5) is 72.5. The van der Waals surface area contributed by atoms with Crippen molar-refractivity contribution in [3.05, 3.63) is 0 Å². The summed E-state index contributed by atoms with van der Waals surface area (Å²) in [6.07, 6.45) is 47.6. The van der Waals surface area contributed by atoms with Gasteiger partial charge in [0.1, 0.15) is 19.3 Å². The zero-order chi connectivity index (χ0) is 67.3. The molecular weight excluding hydrogens is 1200 g/mol. The molecule has 7 atom stereocenters. The summed E-state index contributed by atoms with van der Waals surface area (Å²) in [6.45, 7) is 11.7. The van der Waals surface area contributed by atoms with Gasteiger partial charge in [-0.05, 0) is 43.4 Å². The number of carbonyl (C=O) groups is 4. The van der Waals surface area contributed by atoms with Crippen LogP contribution in [0.25, 0.3) is 0 Å². The van der Waals surface area contributed by atoms with Crippen LogP contribution in [0.1, 0.15) is 363 Å². The average molecular weight is 1340 g/mol. The van der Waals surface area contributed by atoms with Gasteiger partial charge in [0.15, 0.2) is 12.2 Å². The molecule has 0 aromatic heterocycles. The van der Waals surface area contributed by atoms with E-state index >= 15 is 0 Å². The van der Waals surface area contributed by atoms with Crippen LogP contribution in [0.5, 0.6) is 0 Å². The molecule has 0 saturated heterocycles. The minimum Gasteiger partial charge on any atom is -0.462 e. The molecule has 0 aliphatic heterocycles. The van der Waals surface area contributed by atoms with Crippen LogP contribution >= 0.6 is 15.6 Å². The minimum atomic E-state index is -4.95. The Morgan fingerprint density at radius 1 is 0.319 bits per heavy atom. The van der Waals surface area contributed by atoms with E-state index in [4.69, 9.17) is 37.0 Å². The predicted molar refractivity (Wildman–Crippen MR) is 368 cm³/mol. The molecule has 19 heteroatoms. The highest BCUT2D eigenvalue weighted by Gasteiger charge is 2.30. The first-order chi connectivity index (χ1) is 43.8. The van der Waals surface area contributed by atoms with Gasteiger partial charge < -0.3 is 33.8 Å². The van der Waals surface area contributed by atoms with E-state index in [1.165, 1.54) is 161 Å². The maximum atomic E-state index is 13.0. The fourth-order valence-electron chi connectivity index (χ4n) is 10.8. The van der Waals surface area contributed by atoms with E-state index in [1.807, 2.05) is 0 Å². The quantitative estimate of drug-likeness (QED) is 0.0222. The van der Waals surface area contributed by atoms with Crippen LogP contribution in [-0.2, 0) is 65.4 Å². The van der Waals surface area contributed by atoms with Crippen LogP contribution in [0.15, 0.2) is 0 Å². The Morgan fingerprint density at radius 2 is 0.560 bits per heavy atom. The lowest BCUT2D eigenvalue weighted by Gasteiger charge is -2.21. The Kier molecular flexibility index (Phi) is 61.5. The third-order valence-corrected chi connectivity index (χ3v) is 19.3. The third-order valence-electron chi connectivity index (χ3n) is 17.4. The van der Waals surface area contributed by atoms with Gasteiger partial charge in [0.05, 0.1) is 26.4 Å². The highest BCUT2D eigenvalue weighted by Crippen LogP contribution is 2.45. The smallest absolute Gasteiger partial charge is 0.462 e. The van der Waals surface area contributed by atoms with Crippen molar-refractivity contribution in [3.63, 3.8) is 0 Å². The number of hydrogen-bond acceptors (Lipinski definition) is 15. The Balaban J connectivity index is 5.16.